The summed E-state index contributed by atoms with van der Waals surface area (Å²) in [6, 6.07) is 7.61. The van der Waals surface area contributed by atoms with Crippen LogP contribution in [0.25, 0.3) is 0 Å². The number of benzene rings is 1. The third-order valence-corrected chi connectivity index (χ3v) is 4.34. The molecule has 0 unspecified atom stereocenters. The van der Waals surface area contributed by atoms with Gasteiger partial charge in [-0.2, -0.15) is 0 Å². The van der Waals surface area contributed by atoms with Crippen molar-refractivity contribution in [3.05, 3.63) is 47.8 Å². The maximum absolute atomic E-state index is 12.2. The number of nitrogens with two attached hydrogens (primary N) is 1. The summed E-state index contributed by atoms with van der Waals surface area (Å²) in [6.07, 6.45) is 1.44. The number of primary amides is 1. The molecule has 30 heavy (non-hydrogen) atoms. The highest BCUT2D eigenvalue weighted by Crippen LogP contribution is 2.20. The predicted molar refractivity (Wildman–Crippen MR) is 106 cm³/mol. The molecular formula is C19H26N6O5. The van der Waals surface area contributed by atoms with E-state index in [4.69, 9.17) is 10.5 Å². The van der Waals surface area contributed by atoms with Crippen molar-refractivity contribution in [2.24, 2.45) is 5.73 Å². The standard InChI is InChI=1S/C19H26N6O5/c1-19(2,22-18(29)30-12-13-7-4-3-5-8-13)15-11-25(24-23-15)14(16(26)27)9-6-10-21-17(20)28/h3-5,7-8,11,14H,6,9-10,12H2,1-2H3,(H,22,29)(H,26,27)(H3,20,21,28)/t14-/m0/s1. The van der Waals surface area contributed by atoms with Crippen LogP contribution in [-0.2, 0) is 21.7 Å². The number of nitrogens with one attached hydrogen (secondary N) is 2. The molecule has 11 heteroatoms. The summed E-state index contributed by atoms with van der Waals surface area (Å²) in [5.74, 6) is -1.08. The lowest BCUT2D eigenvalue weighted by atomic mass is 10.0. The minimum absolute atomic E-state index is 0.121. The van der Waals surface area contributed by atoms with Crippen molar-refractivity contribution in [1.82, 2.24) is 25.6 Å². The Balaban J connectivity index is 1.96. The number of carboxylic acids is 1. The van der Waals surface area contributed by atoms with Crippen LogP contribution in [0.2, 0.25) is 0 Å². The molecular weight excluding hydrogens is 392 g/mol. The van der Waals surface area contributed by atoms with Crippen LogP contribution >= 0.6 is 0 Å². The van der Waals surface area contributed by atoms with Gasteiger partial charge in [-0.15, -0.1) is 5.10 Å². The molecule has 0 spiro atoms. The molecule has 1 aromatic carbocycles. The molecule has 1 atom stereocenters. The Morgan fingerprint density at radius 1 is 1.27 bits per heavy atom. The fourth-order valence-corrected chi connectivity index (χ4v) is 2.67. The molecule has 0 fully saturated rings. The van der Waals surface area contributed by atoms with Gasteiger partial charge >= 0.3 is 18.1 Å². The molecule has 5 N–H and O–H groups in total. The zero-order valence-corrected chi connectivity index (χ0v) is 16.9. The first-order valence-corrected chi connectivity index (χ1v) is 9.36. The van der Waals surface area contributed by atoms with Crippen LogP contribution in [0.1, 0.15) is 44.0 Å². The molecule has 3 amide bonds. The summed E-state index contributed by atoms with van der Waals surface area (Å²) in [7, 11) is 0. The van der Waals surface area contributed by atoms with Gasteiger partial charge in [0.25, 0.3) is 0 Å². The second kappa shape index (κ2) is 10.2. The molecule has 1 heterocycles. The van der Waals surface area contributed by atoms with Gasteiger partial charge in [-0.1, -0.05) is 35.5 Å². The highest BCUT2D eigenvalue weighted by molar-refractivity contribution is 5.72. The molecule has 2 rings (SSSR count). The normalized spacial score (nSPS) is 12.1. The van der Waals surface area contributed by atoms with Crippen LogP contribution in [0, 0.1) is 0 Å². The molecule has 0 aliphatic carbocycles. The summed E-state index contributed by atoms with van der Waals surface area (Å²) in [4.78, 5) is 34.5. The quantitative estimate of drug-likeness (QED) is 0.425. The number of ether oxygens (including phenoxy) is 1. The fourth-order valence-electron chi connectivity index (χ4n) is 2.67. The average molecular weight is 418 g/mol. The van der Waals surface area contributed by atoms with E-state index in [1.165, 1.54) is 10.9 Å². The van der Waals surface area contributed by atoms with E-state index in [1.54, 1.807) is 13.8 Å². The van der Waals surface area contributed by atoms with Gasteiger partial charge in [-0.05, 0) is 32.3 Å². The van der Waals surface area contributed by atoms with Crippen molar-refractivity contribution in [1.29, 1.82) is 0 Å². The number of aromatic nitrogens is 3. The average Bonchev–Trinajstić information content (AvgIpc) is 3.17. The van der Waals surface area contributed by atoms with Gasteiger partial charge in [0, 0.05) is 6.54 Å². The number of rotatable bonds is 10. The van der Waals surface area contributed by atoms with Gasteiger partial charge in [0.2, 0.25) is 0 Å². The Morgan fingerprint density at radius 2 is 1.97 bits per heavy atom. The number of carbonyl (C=O) groups is 3. The number of carbonyl (C=O) groups excluding carboxylic acids is 2. The maximum Gasteiger partial charge on any atom is 0.408 e. The van der Waals surface area contributed by atoms with E-state index in [0.717, 1.165) is 5.56 Å². The number of nitrogens with zero attached hydrogens (tertiary/aromatic N) is 3. The Kier molecular flexibility index (Phi) is 7.73. The molecule has 0 aliphatic rings. The maximum atomic E-state index is 12.2. The van der Waals surface area contributed by atoms with Crippen molar-refractivity contribution < 1.29 is 24.2 Å². The van der Waals surface area contributed by atoms with E-state index in [9.17, 15) is 19.5 Å². The molecule has 0 saturated heterocycles. The lowest BCUT2D eigenvalue weighted by molar-refractivity contribution is -0.141. The van der Waals surface area contributed by atoms with Crippen LogP contribution in [0.5, 0.6) is 0 Å². The molecule has 1 aromatic heterocycles. The van der Waals surface area contributed by atoms with Gasteiger partial charge in [-0.3, -0.25) is 0 Å². The lowest BCUT2D eigenvalue weighted by Gasteiger charge is -2.23. The van der Waals surface area contributed by atoms with E-state index in [-0.39, 0.29) is 19.6 Å². The van der Waals surface area contributed by atoms with E-state index >= 15 is 0 Å². The van der Waals surface area contributed by atoms with Gasteiger partial charge in [0.15, 0.2) is 6.04 Å². The van der Waals surface area contributed by atoms with Crippen LogP contribution in [0.15, 0.2) is 36.5 Å². The van der Waals surface area contributed by atoms with Crippen LogP contribution < -0.4 is 16.4 Å². The zero-order chi connectivity index (χ0) is 22.1. The molecule has 2 aromatic rings. The van der Waals surface area contributed by atoms with Gasteiger partial charge in [-0.25, -0.2) is 19.1 Å². The van der Waals surface area contributed by atoms with Crippen molar-refractivity contribution >= 4 is 18.1 Å². The van der Waals surface area contributed by atoms with Crippen molar-refractivity contribution in [3.8, 4) is 0 Å². The third kappa shape index (κ3) is 6.76. The number of hydrogen-bond acceptors (Lipinski definition) is 6. The van der Waals surface area contributed by atoms with E-state index in [0.29, 0.717) is 12.1 Å². The Morgan fingerprint density at radius 3 is 2.60 bits per heavy atom. The molecule has 11 nitrogen and oxygen atoms in total. The Hall–Kier alpha value is -3.63. The molecule has 0 saturated carbocycles. The summed E-state index contributed by atoms with van der Waals surface area (Å²) in [6.45, 7) is 3.78. The van der Waals surface area contributed by atoms with Gasteiger partial charge < -0.3 is 26.2 Å². The first kappa shape index (κ1) is 22.7. The van der Waals surface area contributed by atoms with E-state index < -0.39 is 29.7 Å². The number of hydrogen-bond donors (Lipinski definition) is 4. The van der Waals surface area contributed by atoms with Gasteiger partial charge in [0.05, 0.1) is 11.7 Å². The molecule has 162 valence electrons. The predicted octanol–water partition coefficient (Wildman–Crippen LogP) is 1.51. The van der Waals surface area contributed by atoms with Gasteiger partial charge in [0.1, 0.15) is 12.3 Å². The minimum atomic E-state index is -1.08. The first-order valence-electron chi connectivity index (χ1n) is 9.36. The monoisotopic (exact) mass is 418 g/mol. The zero-order valence-electron chi connectivity index (χ0n) is 16.9. The van der Waals surface area contributed by atoms with E-state index in [2.05, 4.69) is 20.9 Å². The van der Waals surface area contributed by atoms with Crippen LogP contribution in [0.4, 0.5) is 9.59 Å². The highest BCUT2D eigenvalue weighted by Gasteiger charge is 2.29. The summed E-state index contributed by atoms with van der Waals surface area (Å²) >= 11 is 0. The highest BCUT2D eigenvalue weighted by atomic mass is 16.5. The van der Waals surface area contributed by atoms with Crippen molar-refractivity contribution in [3.63, 3.8) is 0 Å². The second-order valence-corrected chi connectivity index (χ2v) is 7.18. The molecule has 0 aliphatic heterocycles. The Labute approximate surface area is 173 Å². The smallest absolute Gasteiger partial charge is 0.408 e. The summed E-state index contributed by atoms with van der Waals surface area (Å²) in [5.41, 5.74) is 5.27. The SMILES string of the molecule is CC(C)(NC(=O)OCc1ccccc1)c1cn([C@@H](CCCNC(N)=O)C(=O)O)nn1. The fraction of sp³-hybridized carbons (Fsp3) is 0.421. The van der Waals surface area contributed by atoms with Crippen LogP contribution in [0.3, 0.4) is 0 Å². The van der Waals surface area contributed by atoms with Crippen molar-refractivity contribution in [2.45, 2.75) is 44.9 Å². The number of amides is 3. The van der Waals surface area contributed by atoms with E-state index in [1.807, 2.05) is 30.3 Å². The first-order chi connectivity index (χ1) is 14.2. The third-order valence-electron chi connectivity index (χ3n) is 4.34. The summed E-state index contributed by atoms with van der Waals surface area (Å²) < 4.78 is 6.44. The number of alkyl carbamates (subject to hydrolysis) is 1. The van der Waals surface area contributed by atoms with Crippen LogP contribution in [-0.4, -0.2) is 44.7 Å². The topological polar surface area (TPSA) is 161 Å². The molecule has 0 radical (unpaired) electrons. The Bertz CT molecular complexity index is 867. The lowest BCUT2D eigenvalue weighted by Crippen LogP contribution is -2.41. The molecule has 0 bridgehead atoms. The number of carboxylic acid groups (broad SMARTS) is 1. The number of aliphatic carboxylic acids is 1. The summed E-state index contributed by atoms with van der Waals surface area (Å²) in [5, 5.41) is 22.5. The largest absolute Gasteiger partial charge is 0.480 e. The van der Waals surface area contributed by atoms with Crippen molar-refractivity contribution in [2.75, 3.05) is 6.54 Å². The number of urea groups is 1. The second-order valence-electron chi connectivity index (χ2n) is 7.18. The minimum Gasteiger partial charge on any atom is -0.480 e.